The fourth-order valence-electron chi connectivity index (χ4n) is 2.74. The summed E-state index contributed by atoms with van der Waals surface area (Å²) in [5.41, 5.74) is 2.29. The number of furan rings is 1. The fourth-order valence-corrected chi connectivity index (χ4v) is 2.74. The van der Waals surface area contributed by atoms with Crippen molar-refractivity contribution in [2.75, 3.05) is 13.2 Å². The number of benzene rings is 1. The predicted molar refractivity (Wildman–Crippen MR) is 89.2 cm³/mol. The quantitative estimate of drug-likeness (QED) is 0.888. The summed E-state index contributed by atoms with van der Waals surface area (Å²) >= 11 is 0. The Balaban J connectivity index is 1.47. The molecule has 23 heavy (non-hydrogen) atoms. The summed E-state index contributed by atoms with van der Waals surface area (Å²) in [5, 5.41) is 2.93. The molecule has 122 valence electrons. The van der Waals surface area contributed by atoms with E-state index in [0.717, 1.165) is 36.5 Å². The summed E-state index contributed by atoms with van der Waals surface area (Å²) < 4.78 is 11.3. The normalized spacial score (nSPS) is 17.3. The van der Waals surface area contributed by atoms with Gasteiger partial charge in [-0.05, 0) is 31.9 Å². The molecular formula is C19H23NO3. The van der Waals surface area contributed by atoms with Gasteiger partial charge in [0.1, 0.15) is 11.5 Å². The van der Waals surface area contributed by atoms with E-state index in [1.165, 1.54) is 5.56 Å². The van der Waals surface area contributed by atoms with Crippen molar-refractivity contribution in [1.29, 1.82) is 0 Å². The highest BCUT2D eigenvalue weighted by Gasteiger charge is 2.16. The molecule has 2 aromatic rings. The molecule has 0 saturated carbocycles. The third-order valence-electron chi connectivity index (χ3n) is 4.15. The SMILES string of the molecule is Cc1ccc(-c2ccc(CCC(=O)NCC3CCCO3)o2)cc1. The number of ether oxygens (including phenoxy) is 1. The van der Waals surface area contributed by atoms with Crippen LogP contribution in [0.1, 0.15) is 30.6 Å². The Hall–Kier alpha value is -2.07. The van der Waals surface area contributed by atoms with Crippen LogP contribution in [0.15, 0.2) is 40.8 Å². The maximum Gasteiger partial charge on any atom is 0.220 e. The lowest BCUT2D eigenvalue weighted by molar-refractivity contribution is -0.121. The molecule has 0 bridgehead atoms. The molecule has 1 atom stereocenters. The molecule has 1 aliphatic rings. The lowest BCUT2D eigenvalue weighted by Gasteiger charge is -2.10. The molecular weight excluding hydrogens is 290 g/mol. The molecule has 0 spiro atoms. The number of amides is 1. The van der Waals surface area contributed by atoms with E-state index in [4.69, 9.17) is 9.15 Å². The van der Waals surface area contributed by atoms with Crippen molar-refractivity contribution >= 4 is 5.91 Å². The largest absolute Gasteiger partial charge is 0.461 e. The first-order valence-electron chi connectivity index (χ1n) is 8.25. The van der Waals surface area contributed by atoms with Crippen LogP contribution in [0.2, 0.25) is 0 Å². The van der Waals surface area contributed by atoms with E-state index in [0.29, 0.717) is 19.4 Å². The third kappa shape index (κ3) is 4.45. The molecule has 1 aliphatic heterocycles. The van der Waals surface area contributed by atoms with Crippen LogP contribution in [0.5, 0.6) is 0 Å². The summed E-state index contributed by atoms with van der Waals surface area (Å²) in [6.45, 7) is 3.49. The minimum Gasteiger partial charge on any atom is -0.461 e. The third-order valence-corrected chi connectivity index (χ3v) is 4.15. The molecule has 1 fully saturated rings. The number of rotatable bonds is 6. The number of carbonyl (C=O) groups is 1. The van der Waals surface area contributed by atoms with Crippen LogP contribution < -0.4 is 5.32 Å². The first-order chi connectivity index (χ1) is 11.2. The number of hydrogen-bond acceptors (Lipinski definition) is 3. The van der Waals surface area contributed by atoms with E-state index >= 15 is 0 Å². The molecule has 0 radical (unpaired) electrons. The van der Waals surface area contributed by atoms with E-state index < -0.39 is 0 Å². The van der Waals surface area contributed by atoms with Gasteiger partial charge < -0.3 is 14.5 Å². The maximum atomic E-state index is 11.9. The van der Waals surface area contributed by atoms with E-state index in [1.54, 1.807) is 0 Å². The lowest BCUT2D eigenvalue weighted by Crippen LogP contribution is -2.31. The number of carbonyl (C=O) groups excluding carboxylic acids is 1. The van der Waals surface area contributed by atoms with Crippen molar-refractivity contribution in [1.82, 2.24) is 5.32 Å². The van der Waals surface area contributed by atoms with E-state index in [1.807, 2.05) is 24.3 Å². The molecule has 1 saturated heterocycles. The summed E-state index contributed by atoms with van der Waals surface area (Å²) in [7, 11) is 0. The number of nitrogens with one attached hydrogen (secondary N) is 1. The van der Waals surface area contributed by atoms with E-state index in [9.17, 15) is 4.79 Å². The predicted octanol–water partition coefficient (Wildman–Crippen LogP) is 3.48. The summed E-state index contributed by atoms with van der Waals surface area (Å²) in [5.74, 6) is 1.74. The number of aryl methyl sites for hydroxylation is 2. The molecule has 4 nitrogen and oxygen atoms in total. The van der Waals surface area contributed by atoms with Gasteiger partial charge in [0.2, 0.25) is 5.91 Å². The highest BCUT2D eigenvalue weighted by atomic mass is 16.5. The smallest absolute Gasteiger partial charge is 0.220 e. The zero-order valence-corrected chi connectivity index (χ0v) is 13.5. The van der Waals surface area contributed by atoms with E-state index in [-0.39, 0.29) is 12.0 Å². The van der Waals surface area contributed by atoms with Gasteiger partial charge in [0.15, 0.2) is 0 Å². The average molecular weight is 313 g/mol. The van der Waals surface area contributed by atoms with Gasteiger partial charge in [-0.2, -0.15) is 0 Å². The molecule has 1 aromatic heterocycles. The van der Waals surface area contributed by atoms with Crippen molar-refractivity contribution in [2.24, 2.45) is 0 Å². The van der Waals surface area contributed by atoms with Crippen molar-refractivity contribution in [2.45, 2.75) is 38.7 Å². The van der Waals surface area contributed by atoms with Crippen LogP contribution in [-0.4, -0.2) is 25.2 Å². The van der Waals surface area contributed by atoms with Gasteiger partial charge in [0.25, 0.3) is 0 Å². The zero-order chi connectivity index (χ0) is 16.1. The first-order valence-corrected chi connectivity index (χ1v) is 8.25. The first kappa shape index (κ1) is 15.8. The molecule has 1 N–H and O–H groups in total. The van der Waals surface area contributed by atoms with Gasteiger partial charge in [-0.25, -0.2) is 0 Å². The standard InChI is InChI=1S/C19H23NO3/c1-14-4-6-15(7-5-14)18-10-8-16(23-18)9-11-19(21)20-13-17-3-2-12-22-17/h4-8,10,17H,2-3,9,11-13H2,1H3,(H,20,21). The Morgan fingerprint density at radius 3 is 2.78 bits per heavy atom. The van der Waals surface area contributed by atoms with Crippen LogP contribution in [0.25, 0.3) is 11.3 Å². The fraction of sp³-hybridized carbons (Fsp3) is 0.421. The van der Waals surface area contributed by atoms with Crippen LogP contribution in [0, 0.1) is 6.92 Å². The zero-order valence-electron chi connectivity index (χ0n) is 13.5. The Labute approximate surface area is 136 Å². The Kier molecular flexibility index (Phi) is 5.13. The highest BCUT2D eigenvalue weighted by molar-refractivity contribution is 5.76. The Bertz CT molecular complexity index is 639. The molecule has 2 heterocycles. The number of hydrogen-bond donors (Lipinski definition) is 1. The summed E-state index contributed by atoms with van der Waals surface area (Å²) in [4.78, 5) is 11.9. The van der Waals surface area contributed by atoms with Gasteiger partial charge in [-0.3, -0.25) is 4.79 Å². The second-order valence-electron chi connectivity index (χ2n) is 6.07. The molecule has 1 unspecified atom stereocenters. The van der Waals surface area contributed by atoms with Crippen LogP contribution in [0.4, 0.5) is 0 Å². The molecule has 1 aromatic carbocycles. The van der Waals surface area contributed by atoms with Crippen LogP contribution >= 0.6 is 0 Å². The van der Waals surface area contributed by atoms with Gasteiger partial charge in [-0.1, -0.05) is 29.8 Å². The molecule has 4 heteroatoms. The summed E-state index contributed by atoms with van der Waals surface area (Å²) in [6.07, 6.45) is 3.37. The van der Waals surface area contributed by atoms with Gasteiger partial charge >= 0.3 is 0 Å². The van der Waals surface area contributed by atoms with Crippen LogP contribution in [-0.2, 0) is 16.0 Å². The highest BCUT2D eigenvalue weighted by Crippen LogP contribution is 2.23. The summed E-state index contributed by atoms with van der Waals surface area (Å²) in [6, 6.07) is 12.1. The van der Waals surface area contributed by atoms with Crippen molar-refractivity contribution < 1.29 is 13.9 Å². The monoisotopic (exact) mass is 313 g/mol. The van der Waals surface area contributed by atoms with Gasteiger partial charge in [0, 0.05) is 31.6 Å². The second kappa shape index (κ2) is 7.47. The minimum atomic E-state index is 0.0498. The van der Waals surface area contributed by atoms with Gasteiger partial charge in [-0.15, -0.1) is 0 Å². The van der Waals surface area contributed by atoms with E-state index in [2.05, 4.69) is 24.4 Å². The minimum absolute atomic E-state index is 0.0498. The van der Waals surface area contributed by atoms with Gasteiger partial charge in [0.05, 0.1) is 6.10 Å². The maximum absolute atomic E-state index is 11.9. The topological polar surface area (TPSA) is 51.5 Å². The van der Waals surface area contributed by atoms with Crippen molar-refractivity contribution in [3.8, 4) is 11.3 Å². The van der Waals surface area contributed by atoms with Crippen molar-refractivity contribution in [3.05, 3.63) is 47.7 Å². The molecule has 3 rings (SSSR count). The van der Waals surface area contributed by atoms with Crippen LogP contribution in [0.3, 0.4) is 0 Å². The lowest BCUT2D eigenvalue weighted by atomic mass is 10.1. The van der Waals surface area contributed by atoms with Crippen molar-refractivity contribution in [3.63, 3.8) is 0 Å². The Morgan fingerprint density at radius 2 is 2.04 bits per heavy atom. The molecule has 0 aliphatic carbocycles. The second-order valence-corrected chi connectivity index (χ2v) is 6.07. The average Bonchev–Trinajstić information content (AvgIpc) is 3.23. The Morgan fingerprint density at radius 1 is 1.22 bits per heavy atom. The molecule has 1 amide bonds.